The Kier molecular flexibility index (Phi) is 5.78. The van der Waals surface area contributed by atoms with Crippen LogP contribution in [0.15, 0.2) is 36.5 Å². The molecule has 0 bridgehead atoms. The number of likely N-dealkylation sites (tertiary alicyclic amines) is 1. The number of nitrogens with two attached hydrogens (primary N) is 1. The van der Waals surface area contributed by atoms with Crippen LogP contribution >= 0.6 is 0 Å². The van der Waals surface area contributed by atoms with Crippen molar-refractivity contribution in [2.75, 3.05) is 43.9 Å². The minimum atomic E-state index is 0.104. The summed E-state index contributed by atoms with van der Waals surface area (Å²) in [5, 5.41) is 3.67. The van der Waals surface area contributed by atoms with E-state index in [0.717, 1.165) is 62.3 Å². The van der Waals surface area contributed by atoms with Gasteiger partial charge in [-0.15, -0.1) is 0 Å². The molecule has 2 atom stereocenters. The number of likely N-dealkylation sites (N-methyl/N-ethyl adjacent to an activating group) is 2. The third kappa shape index (κ3) is 3.84. The Bertz CT molecular complexity index is 986. The van der Waals surface area contributed by atoms with Crippen molar-refractivity contribution in [2.24, 2.45) is 5.73 Å². The van der Waals surface area contributed by atoms with E-state index >= 15 is 0 Å². The quantitative estimate of drug-likeness (QED) is 0.771. The Balaban J connectivity index is 1.32. The van der Waals surface area contributed by atoms with Gasteiger partial charge in [0, 0.05) is 38.9 Å². The SMILES string of the molecule is CN(CC1Nc2c(C(=O)N3CCC(N)CC3)cccc2N1C)C1CCCc2cccnc21. The number of amides is 1. The lowest BCUT2D eigenvalue weighted by molar-refractivity contribution is 0.0716. The summed E-state index contributed by atoms with van der Waals surface area (Å²) in [7, 11) is 4.30. The molecule has 7 nitrogen and oxygen atoms in total. The average molecular weight is 435 g/mol. The van der Waals surface area contributed by atoms with Gasteiger partial charge in [0.05, 0.1) is 28.7 Å². The first-order chi connectivity index (χ1) is 15.5. The van der Waals surface area contributed by atoms with E-state index in [0.29, 0.717) is 6.04 Å². The lowest BCUT2D eigenvalue weighted by Crippen LogP contribution is -2.44. The summed E-state index contributed by atoms with van der Waals surface area (Å²) >= 11 is 0. The molecule has 0 radical (unpaired) electrons. The Morgan fingerprint density at radius 3 is 2.84 bits per heavy atom. The number of carbonyl (C=O) groups excluding carboxylic acids is 1. The van der Waals surface area contributed by atoms with Crippen molar-refractivity contribution in [3.8, 4) is 0 Å². The third-order valence-electron chi connectivity index (χ3n) is 7.42. The average Bonchev–Trinajstić information content (AvgIpc) is 3.14. The van der Waals surface area contributed by atoms with E-state index in [9.17, 15) is 4.79 Å². The van der Waals surface area contributed by atoms with Crippen LogP contribution in [0.5, 0.6) is 0 Å². The minimum absolute atomic E-state index is 0.104. The van der Waals surface area contributed by atoms with Gasteiger partial charge in [-0.05, 0) is 62.9 Å². The summed E-state index contributed by atoms with van der Waals surface area (Å²) in [5.74, 6) is 0.106. The maximum absolute atomic E-state index is 13.3. The molecule has 1 amide bonds. The van der Waals surface area contributed by atoms with Gasteiger partial charge in [-0.25, -0.2) is 0 Å². The van der Waals surface area contributed by atoms with Crippen molar-refractivity contribution >= 4 is 17.3 Å². The number of carbonyl (C=O) groups is 1. The number of aromatic nitrogens is 1. The van der Waals surface area contributed by atoms with Crippen molar-refractivity contribution in [1.82, 2.24) is 14.8 Å². The molecule has 32 heavy (non-hydrogen) atoms. The second-order valence-electron chi connectivity index (χ2n) is 9.50. The number of fused-ring (bicyclic) bond motifs is 2. The van der Waals surface area contributed by atoms with Crippen molar-refractivity contribution in [3.05, 3.63) is 53.3 Å². The molecule has 2 unspecified atom stereocenters. The molecular weight excluding hydrogens is 400 g/mol. The Morgan fingerprint density at radius 1 is 1.22 bits per heavy atom. The number of piperidine rings is 1. The van der Waals surface area contributed by atoms with E-state index in [4.69, 9.17) is 10.7 Å². The largest absolute Gasteiger partial charge is 0.362 e. The molecule has 1 aliphatic carbocycles. The fourth-order valence-electron chi connectivity index (χ4n) is 5.45. The maximum Gasteiger partial charge on any atom is 0.256 e. The Hall–Kier alpha value is -2.64. The van der Waals surface area contributed by atoms with Gasteiger partial charge < -0.3 is 20.9 Å². The third-order valence-corrected chi connectivity index (χ3v) is 7.42. The molecule has 2 aromatic rings. The van der Waals surface area contributed by atoms with Crippen LogP contribution in [0.3, 0.4) is 0 Å². The monoisotopic (exact) mass is 434 g/mol. The van der Waals surface area contributed by atoms with Gasteiger partial charge in [0.15, 0.2) is 0 Å². The molecule has 3 aliphatic rings. The van der Waals surface area contributed by atoms with Crippen LogP contribution in [-0.4, -0.2) is 66.6 Å². The van der Waals surface area contributed by atoms with E-state index in [1.54, 1.807) is 0 Å². The summed E-state index contributed by atoms with van der Waals surface area (Å²) in [6, 6.07) is 10.8. The number of aryl methyl sites for hydroxylation is 1. The van der Waals surface area contributed by atoms with Crippen LogP contribution in [0.2, 0.25) is 0 Å². The van der Waals surface area contributed by atoms with Crippen LogP contribution in [0.4, 0.5) is 11.4 Å². The van der Waals surface area contributed by atoms with Gasteiger partial charge in [0.2, 0.25) is 0 Å². The zero-order valence-electron chi connectivity index (χ0n) is 19.1. The number of nitrogens with one attached hydrogen (secondary N) is 1. The van der Waals surface area contributed by atoms with Gasteiger partial charge >= 0.3 is 0 Å². The molecule has 1 aromatic carbocycles. The molecule has 5 rings (SSSR count). The molecule has 3 heterocycles. The summed E-state index contributed by atoms with van der Waals surface area (Å²) < 4.78 is 0. The summed E-state index contributed by atoms with van der Waals surface area (Å²) in [6.07, 6.45) is 7.20. The molecule has 0 saturated carbocycles. The molecular formula is C25H34N6O. The first-order valence-corrected chi connectivity index (χ1v) is 11.8. The van der Waals surface area contributed by atoms with Gasteiger partial charge in [-0.2, -0.15) is 0 Å². The smallest absolute Gasteiger partial charge is 0.256 e. The number of hydrogen-bond acceptors (Lipinski definition) is 6. The molecule has 1 aromatic heterocycles. The number of benzene rings is 1. The highest BCUT2D eigenvalue weighted by Crippen LogP contribution is 2.38. The number of hydrogen-bond donors (Lipinski definition) is 2. The van der Waals surface area contributed by atoms with Crippen molar-refractivity contribution in [3.63, 3.8) is 0 Å². The minimum Gasteiger partial charge on any atom is -0.362 e. The molecule has 2 aliphatic heterocycles. The van der Waals surface area contributed by atoms with Crippen molar-refractivity contribution in [2.45, 2.75) is 50.4 Å². The molecule has 1 fully saturated rings. The summed E-state index contributed by atoms with van der Waals surface area (Å²) in [5.41, 5.74) is 11.4. The van der Waals surface area contributed by atoms with Crippen molar-refractivity contribution < 1.29 is 4.79 Å². The predicted octanol–water partition coefficient (Wildman–Crippen LogP) is 2.84. The fraction of sp³-hybridized carbons (Fsp3) is 0.520. The lowest BCUT2D eigenvalue weighted by atomic mass is 9.91. The van der Waals surface area contributed by atoms with E-state index < -0.39 is 0 Å². The van der Waals surface area contributed by atoms with Gasteiger partial charge in [0.1, 0.15) is 6.17 Å². The Morgan fingerprint density at radius 2 is 2.03 bits per heavy atom. The number of para-hydroxylation sites is 1. The first kappa shape index (κ1) is 21.2. The summed E-state index contributed by atoms with van der Waals surface area (Å²) in [6.45, 7) is 2.32. The number of pyridine rings is 1. The standard InChI is InChI=1S/C25H34N6O/c1-29(20-9-3-6-17-7-5-13-27-23(17)20)16-22-28-24-19(8-4-10-21(24)30(22)2)25(32)31-14-11-18(26)12-15-31/h4-5,7-8,10,13,18,20,22,28H,3,6,9,11-12,14-16,26H2,1-2H3. The summed E-state index contributed by atoms with van der Waals surface area (Å²) in [4.78, 5) is 24.6. The van der Waals surface area contributed by atoms with E-state index in [1.807, 2.05) is 29.3 Å². The highest BCUT2D eigenvalue weighted by molar-refractivity contribution is 6.03. The van der Waals surface area contributed by atoms with Gasteiger partial charge in [-0.3, -0.25) is 14.7 Å². The molecule has 3 N–H and O–H groups in total. The molecule has 170 valence electrons. The van der Waals surface area contributed by atoms with E-state index in [1.165, 1.54) is 17.7 Å². The van der Waals surface area contributed by atoms with Gasteiger partial charge in [0.25, 0.3) is 5.91 Å². The first-order valence-electron chi connectivity index (χ1n) is 11.8. The molecule has 1 saturated heterocycles. The Labute approximate surface area is 190 Å². The predicted molar refractivity (Wildman–Crippen MR) is 128 cm³/mol. The normalized spacial score (nSPS) is 23.1. The van der Waals surface area contributed by atoms with Gasteiger partial charge in [-0.1, -0.05) is 12.1 Å². The van der Waals surface area contributed by atoms with E-state index in [-0.39, 0.29) is 18.1 Å². The van der Waals surface area contributed by atoms with Crippen molar-refractivity contribution in [1.29, 1.82) is 0 Å². The van der Waals surface area contributed by atoms with Crippen LogP contribution in [0, 0.1) is 0 Å². The molecule has 7 heteroatoms. The lowest BCUT2D eigenvalue weighted by Gasteiger charge is -2.35. The zero-order valence-corrected chi connectivity index (χ0v) is 19.1. The topological polar surface area (TPSA) is 77.7 Å². The highest BCUT2D eigenvalue weighted by Gasteiger charge is 2.34. The number of anilines is 2. The van der Waals surface area contributed by atoms with Crippen LogP contribution in [0.1, 0.15) is 53.3 Å². The highest BCUT2D eigenvalue weighted by atomic mass is 16.2. The zero-order chi connectivity index (χ0) is 22.2. The maximum atomic E-state index is 13.3. The number of rotatable bonds is 4. The molecule has 0 spiro atoms. The fourth-order valence-corrected chi connectivity index (χ4v) is 5.45. The van der Waals surface area contributed by atoms with E-state index in [2.05, 4.69) is 41.3 Å². The van der Waals surface area contributed by atoms with Crippen LogP contribution in [0.25, 0.3) is 0 Å². The second-order valence-corrected chi connectivity index (χ2v) is 9.50. The van der Waals surface area contributed by atoms with Crippen LogP contribution in [-0.2, 0) is 6.42 Å². The number of nitrogens with zero attached hydrogens (tertiary/aromatic N) is 4. The van der Waals surface area contributed by atoms with Crippen LogP contribution < -0.4 is 16.0 Å². The second kappa shape index (κ2) is 8.71.